The number of para-hydroxylation sites is 1. The number of hydrogen-bond acceptors (Lipinski definition) is 3. The van der Waals surface area contributed by atoms with E-state index in [-0.39, 0.29) is 5.78 Å². The van der Waals surface area contributed by atoms with Gasteiger partial charge in [-0.1, -0.05) is 26.0 Å². The summed E-state index contributed by atoms with van der Waals surface area (Å²) in [5.41, 5.74) is 1.11. The van der Waals surface area contributed by atoms with Crippen LogP contribution in [0.4, 0.5) is 0 Å². The van der Waals surface area contributed by atoms with Crippen LogP contribution in [0.5, 0.6) is 5.75 Å². The van der Waals surface area contributed by atoms with Gasteiger partial charge in [-0.05, 0) is 56.8 Å². The Morgan fingerprint density at radius 2 is 2.00 bits per heavy atom. The van der Waals surface area contributed by atoms with Gasteiger partial charge in [0.1, 0.15) is 5.75 Å². The molecule has 1 fully saturated rings. The molecule has 3 nitrogen and oxygen atoms in total. The molecule has 3 heteroatoms. The van der Waals surface area contributed by atoms with Crippen LogP contribution in [0, 0.1) is 5.41 Å². The SMILES string of the molecule is CCOc1ccccc1C(=O)CN1CCCC(C)(C)CC1. The van der Waals surface area contributed by atoms with Crippen LogP contribution < -0.4 is 4.74 Å². The molecule has 0 radical (unpaired) electrons. The highest BCUT2D eigenvalue weighted by Gasteiger charge is 2.24. The summed E-state index contributed by atoms with van der Waals surface area (Å²) >= 11 is 0. The number of hydrogen-bond donors (Lipinski definition) is 0. The zero-order chi connectivity index (χ0) is 15.3. The van der Waals surface area contributed by atoms with Crippen molar-refractivity contribution in [2.45, 2.75) is 40.0 Å². The molecule has 1 aromatic carbocycles. The highest BCUT2D eigenvalue weighted by atomic mass is 16.5. The molecule has 116 valence electrons. The topological polar surface area (TPSA) is 29.5 Å². The van der Waals surface area contributed by atoms with E-state index < -0.39 is 0 Å². The first-order valence-corrected chi connectivity index (χ1v) is 7.99. The van der Waals surface area contributed by atoms with Gasteiger partial charge in [-0.3, -0.25) is 9.69 Å². The summed E-state index contributed by atoms with van der Waals surface area (Å²) < 4.78 is 5.57. The van der Waals surface area contributed by atoms with Gasteiger partial charge in [0.15, 0.2) is 5.78 Å². The molecule has 0 atom stereocenters. The van der Waals surface area contributed by atoms with E-state index in [1.54, 1.807) is 0 Å². The van der Waals surface area contributed by atoms with Crippen LogP contribution in [-0.2, 0) is 0 Å². The van der Waals surface area contributed by atoms with Crippen molar-refractivity contribution in [3.8, 4) is 5.75 Å². The third kappa shape index (κ3) is 4.57. The monoisotopic (exact) mass is 289 g/mol. The van der Waals surface area contributed by atoms with Gasteiger partial charge in [0, 0.05) is 0 Å². The third-order valence-electron chi connectivity index (χ3n) is 4.29. The van der Waals surface area contributed by atoms with Gasteiger partial charge in [-0.2, -0.15) is 0 Å². The average Bonchev–Trinajstić information content (AvgIpc) is 2.61. The van der Waals surface area contributed by atoms with Gasteiger partial charge >= 0.3 is 0 Å². The first-order chi connectivity index (χ1) is 10.0. The third-order valence-corrected chi connectivity index (χ3v) is 4.29. The van der Waals surface area contributed by atoms with Crippen molar-refractivity contribution in [3.05, 3.63) is 29.8 Å². The van der Waals surface area contributed by atoms with E-state index in [4.69, 9.17) is 4.74 Å². The predicted molar refractivity (Wildman–Crippen MR) is 86.0 cm³/mol. The van der Waals surface area contributed by atoms with Crippen LogP contribution in [0.1, 0.15) is 50.4 Å². The molecule has 0 aromatic heterocycles. The second-order valence-corrected chi connectivity index (χ2v) is 6.65. The average molecular weight is 289 g/mol. The lowest BCUT2D eigenvalue weighted by Gasteiger charge is -2.23. The van der Waals surface area contributed by atoms with E-state index >= 15 is 0 Å². The van der Waals surface area contributed by atoms with Crippen molar-refractivity contribution < 1.29 is 9.53 Å². The molecule has 1 aliphatic rings. The fraction of sp³-hybridized carbons (Fsp3) is 0.611. The number of nitrogens with zero attached hydrogens (tertiary/aromatic N) is 1. The minimum atomic E-state index is 0.166. The van der Waals surface area contributed by atoms with E-state index in [0.29, 0.717) is 29.9 Å². The maximum Gasteiger partial charge on any atom is 0.180 e. The van der Waals surface area contributed by atoms with Crippen LogP contribution in [-0.4, -0.2) is 36.9 Å². The Labute approximate surface area is 128 Å². The van der Waals surface area contributed by atoms with E-state index in [1.807, 2.05) is 31.2 Å². The van der Waals surface area contributed by atoms with E-state index in [0.717, 1.165) is 19.5 Å². The van der Waals surface area contributed by atoms with Gasteiger partial charge < -0.3 is 4.74 Å². The van der Waals surface area contributed by atoms with Gasteiger partial charge in [0.05, 0.1) is 18.7 Å². The predicted octanol–water partition coefficient (Wildman–Crippen LogP) is 3.78. The van der Waals surface area contributed by atoms with Crippen LogP contribution in [0.2, 0.25) is 0 Å². The molecule has 1 aromatic rings. The first kappa shape index (κ1) is 16.0. The van der Waals surface area contributed by atoms with Gasteiger partial charge in [-0.25, -0.2) is 0 Å². The molecule has 1 aliphatic heterocycles. The molecule has 2 rings (SSSR count). The Morgan fingerprint density at radius 3 is 2.76 bits per heavy atom. The second kappa shape index (κ2) is 7.08. The maximum absolute atomic E-state index is 12.6. The molecular formula is C18H27NO2. The van der Waals surface area contributed by atoms with Crippen LogP contribution in [0.15, 0.2) is 24.3 Å². The van der Waals surface area contributed by atoms with Crippen molar-refractivity contribution in [2.75, 3.05) is 26.2 Å². The number of ketones is 1. The Kier molecular flexibility index (Phi) is 5.40. The molecule has 0 aliphatic carbocycles. The molecular weight excluding hydrogens is 262 g/mol. The lowest BCUT2D eigenvalue weighted by atomic mass is 9.85. The first-order valence-electron chi connectivity index (χ1n) is 7.99. The molecule has 0 N–H and O–H groups in total. The van der Waals surface area contributed by atoms with E-state index in [2.05, 4.69) is 18.7 Å². The number of rotatable bonds is 5. The normalized spacial score (nSPS) is 19.0. The fourth-order valence-electron chi connectivity index (χ4n) is 2.90. The number of Topliss-reactive ketones (excluding diaryl/α,β-unsaturated/α-hetero) is 1. The Bertz CT molecular complexity index is 482. The Balaban J connectivity index is 2.01. The van der Waals surface area contributed by atoms with Crippen LogP contribution in [0.25, 0.3) is 0 Å². The molecule has 0 saturated carbocycles. The fourth-order valence-corrected chi connectivity index (χ4v) is 2.90. The number of carbonyl (C=O) groups excluding carboxylic acids is 1. The largest absolute Gasteiger partial charge is 0.493 e. The van der Waals surface area contributed by atoms with Gasteiger partial charge in [0.2, 0.25) is 0 Å². The maximum atomic E-state index is 12.6. The van der Waals surface area contributed by atoms with Crippen molar-refractivity contribution in [1.82, 2.24) is 4.90 Å². The quantitative estimate of drug-likeness (QED) is 0.773. The zero-order valence-corrected chi connectivity index (χ0v) is 13.5. The van der Waals surface area contributed by atoms with Gasteiger partial charge in [0.25, 0.3) is 0 Å². The molecule has 0 unspecified atom stereocenters. The van der Waals surface area contributed by atoms with Crippen molar-refractivity contribution >= 4 is 5.78 Å². The lowest BCUT2D eigenvalue weighted by Crippen LogP contribution is -2.31. The molecule has 0 bridgehead atoms. The second-order valence-electron chi connectivity index (χ2n) is 6.65. The Morgan fingerprint density at radius 1 is 1.24 bits per heavy atom. The van der Waals surface area contributed by atoms with E-state index in [1.165, 1.54) is 12.8 Å². The van der Waals surface area contributed by atoms with Crippen molar-refractivity contribution in [1.29, 1.82) is 0 Å². The van der Waals surface area contributed by atoms with Crippen molar-refractivity contribution in [3.63, 3.8) is 0 Å². The smallest absolute Gasteiger partial charge is 0.180 e. The molecule has 1 saturated heterocycles. The number of ether oxygens (including phenoxy) is 1. The molecule has 1 heterocycles. The van der Waals surface area contributed by atoms with Crippen LogP contribution in [0.3, 0.4) is 0 Å². The minimum absolute atomic E-state index is 0.166. The lowest BCUT2D eigenvalue weighted by molar-refractivity contribution is 0.0927. The molecule has 0 amide bonds. The summed E-state index contributed by atoms with van der Waals surface area (Å²) in [6.45, 7) is 9.70. The van der Waals surface area contributed by atoms with Crippen LogP contribution >= 0.6 is 0 Å². The number of carbonyl (C=O) groups is 1. The summed E-state index contributed by atoms with van der Waals surface area (Å²) in [7, 11) is 0. The summed E-state index contributed by atoms with van der Waals surface area (Å²) in [6, 6.07) is 7.56. The standard InChI is InChI=1S/C18H27NO2/c1-4-21-17-9-6-5-8-15(17)16(20)14-19-12-7-10-18(2,3)11-13-19/h5-6,8-9H,4,7,10-14H2,1-3H3. The highest BCUT2D eigenvalue weighted by Crippen LogP contribution is 2.30. The molecule has 0 spiro atoms. The Hall–Kier alpha value is -1.35. The zero-order valence-electron chi connectivity index (χ0n) is 13.5. The van der Waals surface area contributed by atoms with Gasteiger partial charge in [-0.15, -0.1) is 0 Å². The molecule has 21 heavy (non-hydrogen) atoms. The summed E-state index contributed by atoms with van der Waals surface area (Å²) in [6.07, 6.45) is 3.58. The van der Waals surface area contributed by atoms with Crippen molar-refractivity contribution in [2.24, 2.45) is 5.41 Å². The summed E-state index contributed by atoms with van der Waals surface area (Å²) in [5.74, 6) is 0.874. The summed E-state index contributed by atoms with van der Waals surface area (Å²) in [5, 5.41) is 0. The highest BCUT2D eigenvalue weighted by molar-refractivity contribution is 6.00. The number of benzene rings is 1. The minimum Gasteiger partial charge on any atom is -0.493 e. The number of likely N-dealkylation sites (tertiary alicyclic amines) is 1. The van der Waals surface area contributed by atoms with E-state index in [9.17, 15) is 4.79 Å². The summed E-state index contributed by atoms with van der Waals surface area (Å²) in [4.78, 5) is 14.9.